The van der Waals surface area contributed by atoms with Gasteiger partial charge >= 0.3 is 0 Å². The molecule has 1 aromatic heterocycles. The van der Waals surface area contributed by atoms with Gasteiger partial charge in [-0.15, -0.1) is 11.6 Å². The number of aryl methyl sites for hydroxylation is 1. The molecule has 0 aliphatic carbocycles. The van der Waals surface area contributed by atoms with E-state index in [1.807, 2.05) is 13.8 Å². The van der Waals surface area contributed by atoms with Gasteiger partial charge in [0.2, 0.25) is 10.0 Å². The zero-order chi connectivity index (χ0) is 13.6. The Morgan fingerprint density at radius 1 is 1.33 bits per heavy atom. The van der Waals surface area contributed by atoms with Crippen LogP contribution in [0.3, 0.4) is 0 Å². The van der Waals surface area contributed by atoms with Gasteiger partial charge in [0.15, 0.2) is 0 Å². The first-order valence-electron chi connectivity index (χ1n) is 6.14. The number of hydrogen-bond donors (Lipinski definition) is 0. The van der Waals surface area contributed by atoms with Crippen LogP contribution in [0.5, 0.6) is 0 Å². The molecule has 18 heavy (non-hydrogen) atoms. The van der Waals surface area contributed by atoms with E-state index in [1.54, 1.807) is 4.68 Å². The Kier molecular flexibility index (Phi) is 6.11. The molecule has 104 valence electrons. The molecular weight excluding hydrogens is 274 g/mol. The van der Waals surface area contributed by atoms with E-state index in [0.29, 0.717) is 25.5 Å². The zero-order valence-electron chi connectivity index (χ0n) is 10.8. The lowest BCUT2D eigenvalue weighted by Gasteiger charge is -2.19. The molecule has 0 unspecified atom stereocenters. The fourth-order valence-electron chi connectivity index (χ4n) is 1.69. The van der Waals surface area contributed by atoms with Crippen molar-refractivity contribution in [2.45, 2.75) is 38.1 Å². The lowest BCUT2D eigenvalue weighted by atomic mass is 10.4. The Labute approximate surface area is 114 Å². The van der Waals surface area contributed by atoms with Crippen LogP contribution < -0.4 is 0 Å². The molecule has 0 amide bonds. The maximum absolute atomic E-state index is 12.4. The molecule has 0 spiro atoms. The number of alkyl halides is 1. The van der Waals surface area contributed by atoms with Crippen LogP contribution in [-0.2, 0) is 16.6 Å². The molecule has 0 N–H and O–H groups in total. The van der Waals surface area contributed by atoms with Gasteiger partial charge in [0.05, 0.1) is 12.7 Å². The second kappa shape index (κ2) is 7.11. The van der Waals surface area contributed by atoms with Crippen molar-refractivity contribution in [2.75, 3.05) is 19.0 Å². The van der Waals surface area contributed by atoms with E-state index in [-0.39, 0.29) is 4.90 Å². The minimum absolute atomic E-state index is 0.245. The zero-order valence-corrected chi connectivity index (χ0v) is 12.4. The molecule has 1 aromatic rings. The third-order valence-corrected chi connectivity index (χ3v) is 4.53. The molecule has 1 rings (SSSR count). The number of aromatic nitrogens is 2. The Morgan fingerprint density at radius 3 is 2.44 bits per heavy atom. The van der Waals surface area contributed by atoms with Crippen molar-refractivity contribution in [3.8, 4) is 0 Å². The van der Waals surface area contributed by atoms with Crippen LogP contribution in [0.1, 0.15) is 26.7 Å². The second-order valence-corrected chi connectivity index (χ2v) is 6.35. The topological polar surface area (TPSA) is 55.2 Å². The van der Waals surface area contributed by atoms with E-state index in [4.69, 9.17) is 11.6 Å². The largest absolute Gasteiger partial charge is 0.270 e. The average Bonchev–Trinajstić information content (AvgIpc) is 2.78. The molecule has 5 nitrogen and oxygen atoms in total. The SMILES string of the molecule is CCCN(CCC)S(=O)(=O)c1cnn(CCCl)c1. The van der Waals surface area contributed by atoms with Crippen LogP contribution in [0.15, 0.2) is 17.3 Å². The molecule has 1 heterocycles. The average molecular weight is 294 g/mol. The van der Waals surface area contributed by atoms with Gasteiger partial charge in [0.1, 0.15) is 4.90 Å². The van der Waals surface area contributed by atoms with Gasteiger partial charge < -0.3 is 0 Å². The Balaban J connectivity index is 2.94. The number of nitrogens with zero attached hydrogens (tertiary/aromatic N) is 3. The van der Waals surface area contributed by atoms with Crippen LogP contribution in [0, 0.1) is 0 Å². The predicted molar refractivity (Wildman–Crippen MR) is 72.3 cm³/mol. The first kappa shape index (κ1) is 15.5. The maximum Gasteiger partial charge on any atom is 0.246 e. The molecule has 0 radical (unpaired) electrons. The van der Waals surface area contributed by atoms with Crippen LogP contribution >= 0.6 is 11.6 Å². The van der Waals surface area contributed by atoms with E-state index < -0.39 is 10.0 Å². The van der Waals surface area contributed by atoms with Crippen molar-refractivity contribution in [3.05, 3.63) is 12.4 Å². The van der Waals surface area contributed by atoms with Gasteiger partial charge in [-0.1, -0.05) is 13.8 Å². The van der Waals surface area contributed by atoms with Crippen molar-refractivity contribution in [1.29, 1.82) is 0 Å². The molecule has 0 bridgehead atoms. The van der Waals surface area contributed by atoms with Gasteiger partial charge in [-0.2, -0.15) is 9.40 Å². The van der Waals surface area contributed by atoms with E-state index in [2.05, 4.69) is 5.10 Å². The second-order valence-electron chi connectivity index (χ2n) is 4.03. The number of sulfonamides is 1. The predicted octanol–water partition coefficient (Wildman–Crippen LogP) is 1.93. The van der Waals surface area contributed by atoms with Crippen LogP contribution in [0.25, 0.3) is 0 Å². The first-order chi connectivity index (χ1) is 8.56. The Bertz CT molecular complexity index is 453. The monoisotopic (exact) mass is 293 g/mol. The highest BCUT2D eigenvalue weighted by atomic mass is 35.5. The van der Waals surface area contributed by atoms with Crippen molar-refractivity contribution >= 4 is 21.6 Å². The lowest BCUT2D eigenvalue weighted by Crippen LogP contribution is -2.32. The standard InChI is InChI=1S/C11H20ClN3O2S/c1-3-6-15(7-4-2)18(16,17)11-9-13-14(10-11)8-5-12/h9-10H,3-8H2,1-2H3. The van der Waals surface area contributed by atoms with Gasteiger partial charge in [-0.3, -0.25) is 4.68 Å². The minimum atomic E-state index is -3.42. The molecule has 0 saturated carbocycles. The first-order valence-corrected chi connectivity index (χ1v) is 8.12. The summed E-state index contributed by atoms with van der Waals surface area (Å²) in [5.41, 5.74) is 0. The molecular formula is C11H20ClN3O2S. The van der Waals surface area contributed by atoms with Gasteiger partial charge in [0.25, 0.3) is 0 Å². The van der Waals surface area contributed by atoms with E-state index in [9.17, 15) is 8.42 Å². The molecule has 0 saturated heterocycles. The van der Waals surface area contributed by atoms with Crippen LogP contribution in [0.4, 0.5) is 0 Å². The molecule has 0 fully saturated rings. The number of halogens is 1. The molecule has 0 aliphatic heterocycles. The van der Waals surface area contributed by atoms with Gasteiger partial charge in [-0.05, 0) is 12.8 Å². The maximum atomic E-state index is 12.4. The third kappa shape index (κ3) is 3.70. The smallest absolute Gasteiger partial charge is 0.246 e. The fraction of sp³-hybridized carbons (Fsp3) is 0.727. The Hall–Kier alpha value is -0.590. The lowest BCUT2D eigenvalue weighted by molar-refractivity contribution is 0.410. The summed E-state index contributed by atoms with van der Waals surface area (Å²) in [6.45, 7) is 5.52. The summed E-state index contributed by atoms with van der Waals surface area (Å²) in [6.07, 6.45) is 4.53. The van der Waals surface area contributed by atoms with E-state index in [0.717, 1.165) is 12.8 Å². The molecule has 0 aliphatic rings. The third-order valence-electron chi connectivity index (χ3n) is 2.51. The van der Waals surface area contributed by atoms with Crippen molar-refractivity contribution in [2.24, 2.45) is 0 Å². The summed E-state index contributed by atoms with van der Waals surface area (Å²) in [5, 5.41) is 4.00. The fourth-order valence-corrected chi connectivity index (χ4v) is 3.44. The summed E-state index contributed by atoms with van der Waals surface area (Å²) in [4.78, 5) is 0.245. The summed E-state index contributed by atoms with van der Waals surface area (Å²) in [5.74, 6) is 0.412. The summed E-state index contributed by atoms with van der Waals surface area (Å²) in [6, 6.07) is 0. The molecule has 0 atom stereocenters. The Morgan fingerprint density at radius 2 is 1.94 bits per heavy atom. The van der Waals surface area contributed by atoms with Crippen LogP contribution in [0.2, 0.25) is 0 Å². The van der Waals surface area contributed by atoms with E-state index in [1.165, 1.54) is 16.7 Å². The quantitative estimate of drug-likeness (QED) is 0.688. The summed E-state index contributed by atoms with van der Waals surface area (Å²) < 4.78 is 27.8. The number of rotatable bonds is 8. The van der Waals surface area contributed by atoms with Crippen LogP contribution in [-0.4, -0.2) is 41.5 Å². The van der Waals surface area contributed by atoms with Crippen molar-refractivity contribution < 1.29 is 8.42 Å². The highest BCUT2D eigenvalue weighted by Gasteiger charge is 2.24. The van der Waals surface area contributed by atoms with Crippen molar-refractivity contribution in [3.63, 3.8) is 0 Å². The van der Waals surface area contributed by atoms with Crippen molar-refractivity contribution in [1.82, 2.24) is 14.1 Å². The summed E-state index contributed by atoms with van der Waals surface area (Å²) >= 11 is 5.60. The van der Waals surface area contributed by atoms with E-state index >= 15 is 0 Å². The summed E-state index contributed by atoms with van der Waals surface area (Å²) in [7, 11) is -3.42. The molecule has 0 aromatic carbocycles. The normalized spacial score (nSPS) is 12.2. The highest BCUT2D eigenvalue weighted by Crippen LogP contribution is 2.15. The minimum Gasteiger partial charge on any atom is -0.270 e. The van der Waals surface area contributed by atoms with Gasteiger partial charge in [0, 0.05) is 25.2 Å². The van der Waals surface area contributed by atoms with Gasteiger partial charge in [-0.25, -0.2) is 8.42 Å². The highest BCUT2D eigenvalue weighted by molar-refractivity contribution is 7.89. The molecule has 7 heteroatoms. The number of hydrogen-bond acceptors (Lipinski definition) is 3.